The molecule has 1 aromatic carbocycles. The van der Waals surface area contributed by atoms with Gasteiger partial charge in [0.2, 0.25) is 0 Å². The van der Waals surface area contributed by atoms with E-state index >= 15 is 0 Å². The van der Waals surface area contributed by atoms with Gasteiger partial charge in [-0.25, -0.2) is 23.7 Å². The van der Waals surface area contributed by atoms with Gasteiger partial charge in [-0.15, -0.1) is 0 Å². The first-order valence-electron chi connectivity index (χ1n) is 10.7. The number of nitrogens with zero attached hydrogens (tertiary/aromatic N) is 5. The van der Waals surface area contributed by atoms with Crippen LogP contribution in [0.5, 0.6) is 0 Å². The molecule has 1 aliphatic heterocycles. The van der Waals surface area contributed by atoms with E-state index in [2.05, 4.69) is 31.7 Å². The number of benzene rings is 1. The topological polar surface area (TPSA) is 82.9 Å². The molecule has 0 atom stereocenters. The molecule has 4 heterocycles. The minimum absolute atomic E-state index is 0.211. The number of hydrogen-bond acceptors (Lipinski definition) is 5. The third kappa shape index (κ3) is 3.94. The van der Waals surface area contributed by atoms with Gasteiger partial charge in [-0.1, -0.05) is 11.8 Å². The maximum absolute atomic E-state index is 13.7. The van der Waals surface area contributed by atoms with Gasteiger partial charge in [0.25, 0.3) is 0 Å². The molecule has 0 saturated carbocycles. The molecule has 3 aromatic heterocycles. The molecule has 0 aliphatic carbocycles. The Balaban J connectivity index is 1.37. The smallest absolute Gasteiger partial charge is 0.159 e. The molecule has 4 aromatic rings. The molecule has 7 nitrogen and oxygen atoms in total. The fraction of sp³-hybridized carbons (Fsp3) is 0.292. The number of aryl methyl sites for hydroxylation is 1. The van der Waals surface area contributed by atoms with Crippen LogP contribution in [0.3, 0.4) is 0 Å². The van der Waals surface area contributed by atoms with Crippen LogP contribution in [-0.4, -0.2) is 49.3 Å². The standard InChI is InChI=1S/C24H22F2N6O/c1-31-13-20(16-4-5-18(25)19(26)11-16)30-23(31)15-6-8-32(9-7-15)24-21-17(3-2-10-33)12-27-22(21)28-14-29-24/h4-5,11-15,33H,6-10H2,1H3,(H,27,28,29). The summed E-state index contributed by atoms with van der Waals surface area (Å²) in [5, 5.41) is 9.90. The van der Waals surface area contributed by atoms with Crippen LogP contribution in [0, 0.1) is 23.5 Å². The number of aliphatic hydroxyl groups is 1. The van der Waals surface area contributed by atoms with Gasteiger partial charge in [0.15, 0.2) is 11.6 Å². The number of rotatable bonds is 3. The summed E-state index contributed by atoms with van der Waals surface area (Å²) in [5.74, 6) is 5.90. The van der Waals surface area contributed by atoms with Gasteiger partial charge in [0.05, 0.1) is 16.6 Å². The van der Waals surface area contributed by atoms with E-state index < -0.39 is 11.6 Å². The zero-order valence-corrected chi connectivity index (χ0v) is 18.0. The van der Waals surface area contributed by atoms with E-state index in [4.69, 9.17) is 10.1 Å². The largest absolute Gasteiger partial charge is 0.384 e. The average Bonchev–Trinajstić information content (AvgIpc) is 3.43. The molecular formula is C24H22F2N6O. The number of H-pyrrole nitrogens is 1. The Bertz CT molecular complexity index is 1370. The van der Waals surface area contributed by atoms with Crippen molar-refractivity contribution in [2.45, 2.75) is 18.8 Å². The number of anilines is 1. The highest BCUT2D eigenvalue weighted by molar-refractivity contribution is 5.93. The number of aromatic amines is 1. The van der Waals surface area contributed by atoms with Crippen molar-refractivity contribution in [2.24, 2.45) is 7.05 Å². The molecule has 33 heavy (non-hydrogen) atoms. The fourth-order valence-electron chi connectivity index (χ4n) is 4.42. The third-order valence-electron chi connectivity index (χ3n) is 6.04. The first-order valence-corrected chi connectivity index (χ1v) is 10.7. The van der Waals surface area contributed by atoms with Crippen LogP contribution in [0.15, 0.2) is 36.9 Å². The molecule has 1 fully saturated rings. The number of nitrogens with one attached hydrogen (secondary N) is 1. The lowest BCUT2D eigenvalue weighted by atomic mass is 9.95. The van der Waals surface area contributed by atoms with E-state index in [1.54, 1.807) is 12.3 Å². The van der Waals surface area contributed by atoms with E-state index in [0.29, 0.717) is 16.9 Å². The molecule has 5 rings (SSSR count). The highest BCUT2D eigenvalue weighted by Gasteiger charge is 2.27. The van der Waals surface area contributed by atoms with E-state index in [1.165, 1.54) is 12.4 Å². The van der Waals surface area contributed by atoms with Crippen LogP contribution in [0.2, 0.25) is 0 Å². The normalized spacial score (nSPS) is 14.5. The summed E-state index contributed by atoms with van der Waals surface area (Å²) in [4.78, 5) is 18.9. The number of piperidine rings is 1. The van der Waals surface area contributed by atoms with Crippen molar-refractivity contribution in [2.75, 3.05) is 24.6 Å². The van der Waals surface area contributed by atoms with E-state index in [-0.39, 0.29) is 12.5 Å². The number of imidazole rings is 1. The minimum Gasteiger partial charge on any atom is -0.384 e. The van der Waals surface area contributed by atoms with Gasteiger partial charge in [0, 0.05) is 44.0 Å². The van der Waals surface area contributed by atoms with E-state index in [9.17, 15) is 8.78 Å². The van der Waals surface area contributed by atoms with Gasteiger partial charge >= 0.3 is 0 Å². The Morgan fingerprint density at radius 2 is 2.00 bits per heavy atom. The summed E-state index contributed by atoms with van der Waals surface area (Å²) in [6, 6.07) is 3.85. The van der Waals surface area contributed by atoms with Crippen molar-refractivity contribution in [1.82, 2.24) is 24.5 Å². The second kappa shape index (κ2) is 8.64. The maximum Gasteiger partial charge on any atom is 0.159 e. The van der Waals surface area contributed by atoms with Crippen molar-refractivity contribution in [1.29, 1.82) is 0 Å². The summed E-state index contributed by atoms with van der Waals surface area (Å²) in [5.41, 5.74) is 2.66. The molecular weight excluding hydrogens is 426 g/mol. The van der Waals surface area contributed by atoms with Crippen molar-refractivity contribution < 1.29 is 13.9 Å². The lowest BCUT2D eigenvalue weighted by Crippen LogP contribution is -2.34. The molecule has 168 valence electrons. The van der Waals surface area contributed by atoms with Gasteiger partial charge in [-0.05, 0) is 31.0 Å². The zero-order valence-electron chi connectivity index (χ0n) is 18.0. The predicted molar refractivity (Wildman–Crippen MR) is 121 cm³/mol. The number of halogens is 2. The molecule has 0 bridgehead atoms. The van der Waals surface area contributed by atoms with Crippen LogP contribution in [-0.2, 0) is 7.05 Å². The van der Waals surface area contributed by atoms with E-state index in [0.717, 1.165) is 54.6 Å². The molecule has 1 saturated heterocycles. The first kappa shape index (κ1) is 21.1. The number of aliphatic hydroxyl groups excluding tert-OH is 1. The van der Waals surface area contributed by atoms with Gasteiger partial charge in [-0.3, -0.25) is 0 Å². The maximum atomic E-state index is 13.7. The average molecular weight is 448 g/mol. The highest BCUT2D eigenvalue weighted by Crippen LogP contribution is 2.34. The lowest BCUT2D eigenvalue weighted by Gasteiger charge is -2.32. The van der Waals surface area contributed by atoms with Crippen molar-refractivity contribution in [3.63, 3.8) is 0 Å². The first-order chi connectivity index (χ1) is 16.0. The zero-order chi connectivity index (χ0) is 22.9. The molecule has 2 N–H and O–H groups in total. The van der Waals surface area contributed by atoms with Crippen molar-refractivity contribution in [3.8, 4) is 23.1 Å². The van der Waals surface area contributed by atoms with Crippen LogP contribution >= 0.6 is 0 Å². The SMILES string of the molecule is Cn1cc(-c2ccc(F)c(F)c2)nc1C1CCN(c2ncnc3[nH]cc(C#CCO)c23)CC1. The number of fused-ring (bicyclic) bond motifs is 1. The summed E-state index contributed by atoms with van der Waals surface area (Å²) in [7, 11) is 1.93. The second-order valence-electron chi connectivity index (χ2n) is 8.07. The molecule has 0 spiro atoms. The summed E-state index contributed by atoms with van der Waals surface area (Å²) in [6.07, 6.45) is 6.92. The summed E-state index contributed by atoms with van der Waals surface area (Å²) < 4.78 is 28.9. The molecule has 0 radical (unpaired) electrons. The molecule has 9 heteroatoms. The van der Waals surface area contributed by atoms with Crippen LogP contribution in [0.1, 0.15) is 30.1 Å². The predicted octanol–water partition coefficient (Wildman–Crippen LogP) is 3.36. The second-order valence-corrected chi connectivity index (χ2v) is 8.07. The van der Waals surface area contributed by atoms with Gasteiger partial charge < -0.3 is 19.6 Å². The molecule has 0 amide bonds. The van der Waals surface area contributed by atoms with Crippen LogP contribution in [0.25, 0.3) is 22.3 Å². The minimum atomic E-state index is -0.878. The molecule has 1 aliphatic rings. The lowest BCUT2D eigenvalue weighted by molar-refractivity contribution is 0.350. The number of hydrogen-bond donors (Lipinski definition) is 2. The van der Waals surface area contributed by atoms with Crippen molar-refractivity contribution in [3.05, 3.63) is 59.9 Å². The molecule has 0 unspecified atom stereocenters. The fourth-order valence-corrected chi connectivity index (χ4v) is 4.42. The van der Waals surface area contributed by atoms with Crippen molar-refractivity contribution >= 4 is 16.9 Å². The van der Waals surface area contributed by atoms with Gasteiger partial charge in [-0.2, -0.15) is 0 Å². The van der Waals surface area contributed by atoms with Crippen LogP contribution < -0.4 is 4.90 Å². The Morgan fingerprint density at radius 3 is 2.76 bits per heavy atom. The monoisotopic (exact) mass is 448 g/mol. The Labute approximate surface area is 189 Å². The summed E-state index contributed by atoms with van der Waals surface area (Å²) in [6.45, 7) is 1.35. The Kier molecular flexibility index (Phi) is 5.52. The quantitative estimate of drug-likeness (QED) is 0.470. The van der Waals surface area contributed by atoms with Gasteiger partial charge in [0.1, 0.15) is 30.2 Å². The van der Waals surface area contributed by atoms with E-state index in [1.807, 2.05) is 17.8 Å². The third-order valence-corrected chi connectivity index (χ3v) is 6.04. The highest BCUT2D eigenvalue weighted by atomic mass is 19.2. The number of aromatic nitrogens is 5. The summed E-state index contributed by atoms with van der Waals surface area (Å²) >= 11 is 0. The Morgan fingerprint density at radius 1 is 1.18 bits per heavy atom. The Hall–Kier alpha value is -3.77. The van der Waals surface area contributed by atoms with Crippen LogP contribution in [0.4, 0.5) is 14.6 Å².